The lowest BCUT2D eigenvalue weighted by Crippen LogP contribution is -2.21. The molecule has 3 heteroatoms. The highest BCUT2D eigenvalue weighted by atomic mass is 32.1. The fourth-order valence-corrected chi connectivity index (χ4v) is 1.41. The zero-order chi connectivity index (χ0) is 8.32. The summed E-state index contributed by atoms with van der Waals surface area (Å²) in [7, 11) is 1.58. The maximum atomic E-state index is 5.30. The summed E-state index contributed by atoms with van der Waals surface area (Å²) >= 11 is 1.50. The molecule has 0 bridgehead atoms. The van der Waals surface area contributed by atoms with Crippen LogP contribution < -0.4 is 0 Å². The van der Waals surface area contributed by atoms with Crippen molar-refractivity contribution in [2.75, 3.05) is 7.11 Å². The summed E-state index contributed by atoms with van der Waals surface area (Å²) in [4.78, 5) is 4.08. The molecule has 58 valence electrons. The van der Waals surface area contributed by atoms with Gasteiger partial charge in [0.1, 0.15) is 5.01 Å². The molecule has 0 saturated heterocycles. The van der Waals surface area contributed by atoms with Crippen LogP contribution >= 0.6 is 11.3 Å². The zero-order valence-electron chi connectivity index (χ0n) is 6.50. The number of aromatic nitrogens is 1. The monoisotopic (exact) mass is 167 g/mol. The lowest BCUT2D eigenvalue weighted by atomic mass is 10.1. The minimum Gasteiger partial charge on any atom is -0.359 e. The molecule has 2 nitrogen and oxygen atoms in total. The molecular weight excluding hydrogens is 158 g/mol. The van der Waals surface area contributed by atoms with Gasteiger partial charge in [0.15, 0.2) is 5.60 Å². The zero-order valence-corrected chi connectivity index (χ0v) is 7.31. The largest absolute Gasteiger partial charge is 0.359 e. The Morgan fingerprint density at radius 3 is 2.91 bits per heavy atom. The van der Waals surface area contributed by atoms with Crippen LogP contribution in [-0.4, -0.2) is 12.1 Å². The number of hydrogen-bond donors (Lipinski definition) is 0. The summed E-state index contributed by atoms with van der Waals surface area (Å²) in [6.07, 6.45) is 7.02. The van der Waals surface area contributed by atoms with E-state index in [1.54, 1.807) is 13.3 Å². The second-order valence-electron chi connectivity index (χ2n) is 2.22. The van der Waals surface area contributed by atoms with Gasteiger partial charge in [-0.05, 0) is 6.92 Å². The third-order valence-corrected chi connectivity index (χ3v) is 2.50. The quantitative estimate of drug-likeness (QED) is 0.625. The Morgan fingerprint density at radius 2 is 2.55 bits per heavy atom. The second kappa shape index (κ2) is 3.04. The first kappa shape index (κ1) is 8.25. The molecular formula is C8H9NOS. The lowest BCUT2D eigenvalue weighted by Gasteiger charge is -2.17. The van der Waals surface area contributed by atoms with E-state index < -0.39 is 5.60 Å². The van der Waals surface area contributed by atoms with Gasteiger partial charge in [0.25, 0.3) is 0 Å². The molecule has 0 radical (unpaired) electrons. The topological polar surface area (TPSA) is 22.1 Å². The molecule has 0 aliphatic rings. The van der Waals surface area contributed by atoms with Crippen molar-refractivity contribution in [3.63, 3.8) is 0 Å². The van der Waals surface area contributed by atoms with Gasteiger partial charge in [-0.25, -0.2) is 4.98 Å². The first-order valence-corrected chi connectivity index (χ1v) is 4.04. The van der Waals surface area contributed by atoms with Crippen molar-refractivity contribution in [2.45, 2.75) is 12.5 Å². The molecule has 1 unspecified atom stereocenters. The van der Waals surface area contributed by atoms with Gasteiger partial charge in [-0.1, -0.05) is 5.92 Å². The number of thiazole rings is 1. The molecule has 0 aromatic carbocycles. The number of terminal acetylenes is 1. The molecule has 0 saturated carbocycles. The van der Waals surface area contributed by atoms with Gasteiger partial charge in [-0.15, -0.1) is 17.8 Å². The Hall–Kier alpha value is -0.850. The highest BCUT2D eigenvalue weighted by Gasteiger charge is 2.25. The molecule has 1 atom stereocenters. The van der Waals surface area contributed by atoms with Crippen molar-refractivity contribution < 1.29 is 4.74 Å². The van der Waals surface area contributed by atoms with Crippen molar-refractivity contribution >= 4 is 11.3 Å². The Morgan fingerprint density at radius 1 is 1.82 bits per heavy atom. The molecule has 0 fully saturated rings. The summed E-state index contributed by atoms with van der Waals surface area (Å²) in [5, 5.41) is 2.70. The van der Waals surface area contributed by atoms with E-state index in [-0.39, 0.29) is 0 Å². The van der Waals surface area contributed by atoms with Crippen molar-refractivity contribution in [1.29, 1.82) is 0 Å². The van der Waals surface area contributed by atoms with E-state index in [0.717, 1.165) is 5.01 Å². The lowest BCUT2D eigenvalue weighted by molar-refractivity contribution is 0.0551. The predicted molar refractivity (Wildman–Crippen MR) is 45.3 cm³/mol. The summed E-state index contributed by atoms with van der Waals surface area (Å²) in [5.41, 5.74) is -0.659. The van der Waals surface area contributed by atoms with E-state index >= 15 is 0 Å². The van der Waals surface area contributed by atoms with Crippen molar-refractivity contribution in [3.05, 3.63) is 16.6 Å². The third kappa shape index (κ3) is 1.42. The number of methoxy groups -OCH3 is 1. The summed E-state index contributed by atoms with van der Waals surface area (Å²) in [6, 6.07) is 0. The summed E-state index contributed by atoms with van der Waals surface area (Å²) < 4.78 is 5.14. The minimum atomic E-state index is -0.659. The van der Waals surface area contributed by atoms with Gasteiger partial charge in [-0.3, -0.25) is 0 Å². The van der Waals surface area contributed by atoms with Crippen LogP contribution in [0.4, 0.5) is 0 Å². The van der Waals surface area contributed by atoms with Crippen LogP contribution in [-0.2, 0) is 10.3 Å². The van der Waals surface area contributed by atoms with E-state index in [4.69, 9.17) is 11.2 Å². The van der Waals surface area contributed by atoms with Gasteiger partial charge in [-0.2, -0.15) is 0 Å². The molecule has 11 heavy (non-hydrogen) atoms. The molecule has 1 aromatic heterocycles. The van der Waals surface area contributed by atoms with Crippen molar-refractivity contribution in [1.82, 2.24) is 4.98 Å². The Labute approximate surface area is 70.2 Å². The fraction of sp³-hybridized carbons (Fsp3) is 0.375. The SMILES string of the molecule is C#CC(C)(OC)c1nccs1. The highest BCUT2D eigenvalue weighted by Crippen LogP contribution is 2.24. The molecule has 0 aliphatic heterocycles. The predicted octanol–water partition coefficient (Wildman–Crippen LogP) is 1.64. The molecule has 0 aliphatic carbocycles. The van der Waals surface area contributed by atoms with Gasteiger partial charge in [0.2, 0.25) is 0 Å². The normalized spacial score (nSPS) is 15.4. The van der Waals surface area contributed by atoms with Crippen LogP contribution in [0.3, 0.4) is 0 Å². The third-order valence-electron chi connectivity index (χ3n) is 1.52. The van der Waals surface area contributed by atoms with Crippen LogP contribution in [0, 0.1) is 12.3 Å². The van der Waals surface area contributed by atoms with Crippen LogP contribution in [0.25, 0.3) is 0 Å². The van der Waals surface area contributed by atoms with Gasteiger partial charge < -0.3 is 4.74 Å². The molecule has 1 aromatic rings. The Kier molecular flexibility index (Phi) is 2.28. The van der Waals surface area contributed by atoms with Crippen molar-refractivity contribution in [3.8, 4) is 12.3 Å². The molecule has 0 spiro atoms. The van der Waals surface area contributed by atoms with Gasteiger partial charge >= 0.3 is 0 Å². The van der Waals surface area contributed by atoms with Crippen molar-refractivity contribution in [2.24, 2.45) is 0 Å². The molecule has 0 N–H and O–H groups in total. The standard InChI is InChI=1S/C8H9NOS/c1-4-8(2,10-3)7-9-5-6-11-7/h1,5-6H,2-3H3. The van der Waals surface area contributed by atoms with Gasteiger partial charge in [0.05, 0.1) is 0 Å². The maximum absolute atomic E-state index is 5.30. The average Bonchev–Trinajstić information content (AvgIpc) is 2.55. The van der Waals surface area contributed by atoms with Crippen LogP contribution in [0.2, 0.25) is 0 Å². The first-order chi connectivity index (χ1) is 5.23. The summed E-state index contributed by atoms with van der Waals surface area (Å²) in [6.45, 7) is 1.83. The second-order valence-corrected chi connectivity index (χ2v) is 3.11. The molecule has 0 amide bonds. The first-order valence-electron chi connectivity index (χ1n) is 3.16. The number of ether oxygens (including phenoxy) is 1. The van der Waals surface area contributed by atoms with Crippen LogP contribution in [0.1, 0.15) is 11.9 Å². The molecule has 1 rings (SSSR count). The summed E-state index contributed by atoms with van der Waals surface area (Å²) in [5.74, 6) is 2.56. The van der Waals surface area contributed by atoms with E-state index in [0.29, 0.717) is 0 Å². The minimum absolute atomic E-state index is 0.659. The van der Waals surface area contributed by atoms with Crippen LogP contribution in [0.5, 0.6) is 0 Å². The van der Waals surface area contributed by atoms with E-state index in [1.165, 1.54) is 11.3 Å². The fourth-order valence-electron chi connectivity index (χ4n) is 0.667. The molecule has 1 heterocycles. The number of rotatable bonds is 2. The van der Waals surface area contributed by atoms with E-state index in [9.17, 15) is 0 Å². The number of hydrogen-bond acceptors (Lipinski definition) is 3. The van der Waals surface area contributed by atoms with Gasteiger partial charge in [0, 0.05) is 18.7 Å². The highest BCUT2D eigenvalue weighted by molar-refractivity contribution is 7.09. The Balaban J connectivity index is 2.99. The number of nitrogens with zero attached hydrogens (tertiary/aromatic N) is 1. The average molecular weight is 167 g/mol. The maximum Gasteiger partial charge on any atom is 0.176 e. The van der Waals surface area contributed by atoms with Crippen LogP contribution in [0.15, 0.2) is 11.6 Å². The van der Waals surface area contributed by atoms with E-state index in [1.807, 2.05) is 12.3 Å². The van der Waals surface area contributed by atoms with E-state index in [2.05, 4.69) is 10.9 Å². The Bertz CT molecular complexity index is 262. The smallest absolute Gasteiger partial charge is 0.176 e.